The fourth-order valence-corrected chi connectivity index (χ4v) is 2.48. The predicted octanol–water partition coefficient (Wildman–Crippen LogP) is 3.53. The van der Waals surface area contributed by atoms with Gasteiger partial charge in [0.2, 0.25) is 0 Å². The van der Waals surface area contributed by atoms with Gasteiger partial charge in [-0.2, -0.15) is 0 Å². The standard InChI is InChI=1S/C17H18N4/c1-3-6-12-10-16(18)21-17(19-12)15-9-11(2)13-7-4-5-8-14(13)20-15/h4-5,7-10H,3,6H2,1-2H3,(H2,18,19,21). The number of fused-ring (bicyclic) bond motifs is 1. The van der Waals surface area contributed by atoms with Crippen LogP contribution in [-0.2, 0) is 6.42 Å². The molecule has 0 atom stereocenters. The molecule has 2 heterocycles. The molecule has 2 N–H and O–H groups in total. The molecule has 21 heavy (non-hydrogen) atoms. The van der Waals surface area contributed by atoms with E-state index in [-0.39, 0.29) is 0 Å². The lowest BCUT2D eigenvalue weighted by atomic mass is 10.1. The normalized spacial score (nSPS) is 11.0. The van der Waals surface area contributed by atoms with E-state index in [1.807, 2.05) is 30.3 Å². The summed E-state index contributed by atoms with van der Waals surface area (Å²) < 4.78 is 0. The second kappa shape index (κ2) is 5.48. The molecule has 0 aliphatic carbocycles. The molecule has 0 spiro atoms. The quantitative estimate of drug-likeness (QED) is 0.796. The Balaban J connectivity index is 2.16. The van der Waals surface area contributed by atoms with Crippen LogP contribution < -0.4 is 5.73 Å². The van der Waals surface area contributed by atoms with Crippen LogP contribution in [0.1, 0.15) is 24.6 Å². The lowest BCUT2D eigenvalue weighted by Crippen LogP contribution is -2.02. The summed E-state index contributed by atoms with van der Waals surface area (Å²) in [6.45, 7) is 4.20. The number of rotatable bonds is 3. The molecule has 3 aromatic rings. The van der Waals surface area contributed by atoms with E-state index < -0.39 is 0 Å². The molecule has 0 bridgehead atoms. The third kappa shape index (κ3) is 2.70. The molecule has 4 nitrogen and oxygen atoms in total. The molecule has 0 saturated heterocycles. The predicted molar refractivity (Wildman–Crippen MR) is 85.9 cm³/mol. The summed E-state index contributed by atoms with van der Waals surface area (Å²) in [4.78, 5) is 13.6. The van der Waals surface area contributed by atoms with Crippen LogP contribution in [-0.4, -0.2) is 15.0 Å². The van der Waals surface area contributed by atoms with Crippen LogP contribution >= 0.6 is 0 Å². The van der Waals surface area contributed by atoms with E-state index in [4.69, 9.17) is 5.73 Å². The zero-order valence-corrected chi connectivity index (χ0v) is 12.3. The van der Waals surface area contributed by atoms with Crippen molar-refractivity contribution in [1.82, 2.24) is 15.0 Å². The second-order valence-corrected chi connectivity index (χ2v) is 5.20. The van der Waals surface area contributed by atoms with E-state index in [0.717, 1.165) is 35.1 Å². The highest BCUT2D eigenvalue weighted by Crippen LogP contribution is 2.23. The summed E-state index contributed by atoms with van der Waals surface area (Å²) in [5.41, 5.74) is 9.76. The molecule has 4 heteroatoms. The van der Waals surface area contributed by atoms with Crippen molar-refractivity contribution < 1.29 is 0 Å². The maximum Gasteiger partial charge on any atom is 0.180 e. The van der Waals surface area contributed by atoms with Crippen molar-refractivity contribution >= 4 is 16.7 Å². The number of nitrogen functional groups attached to an aromatic ring is 1. The van der Waals surface area contributed by atoms with Gasteiger partial charge in [-0.05, 0) is 31.0 Å². The van der Waals surface area contributed by atoms with Crippen LogP contribution in [0, 0.1) is 6.92 Å². The minimum absolute atomic E-state index is 0.496. The molecular weight excluding hydrogens is 260 g/mol. The van der Waals surface area contributed by atoms with Gasteiger partial charge >= 0.3 is 0 Å². The molecule has 2 aromatic heterocycles. The summed E-state index contributed by atoms with van der Waals surface area (Å²) in [7, 11) is 0. The zero-order chi connectivity index (χ0) is 14.8. The number of pyridine rings is 1. The van der Waals surface area contributed by atoms with Gasteiger partial charge < -0.3 is 5.73 Å². The number of nitrogens with two attached hydrogens (primary N) is 1. The first-order chi connectivity index (χ1) is 10.2. The molecule has 1 aromatic carbocycles. The summed E-state index contributed by atoms with van der Waals surface area (Å²) in [6.07, 6.45) is 1.92. The van der Waals surface area contributed by atoms with Crippen molar-refractivity contribution in [2.45, 2.75) is 26.7 Å². The molecule has 0 saturated carbocycles. The van der Waals surface area contributed by atoms with Crippen LogP contribution in [0.4, 0.5) is 5.82 Å². The topological polar surface area (TPSA) is 64.7 Å². The first kappa shape index (κ1) is 13.5. The minimum Gasteiger partial charge on any atom is -0.384 e. The Morgan fingerprint density at radius 1 is 1.05 bits per heavy atom. The first-order valence-corrected chi connectivity index (χ1v) is 7.17. The molecule has 0 unspecified atom stereocenters. The number of anilines is 1. The number of hydrogen-bond acceptors (Lipinski definition) is 4. The Kier molecular flexibility index (Phi) is 3.52. The fourth-order valence-electron chi connectivity index (χ4n) is 2.48. The number of para-hydroxylation sites is 1. The van der Waals surface area contributed by atoms with Gasteiger partial charge in [-0.15, -0.1) is 0 Å². The van der Waals surface area contributed by atoms with Gasteiger partial charge in [0.05, 0.1) is 5.52 Å². The average Bonchev–Trinajstić information content (AvgIpc) is 2.47. The smallest absolute Gasteiger partial charge is 0.180 e. The lowest BCUT2D eigenvalue weighted by Gasteiger charge is -2.08. The fraction of sp³-hybridized carbons (Fsp3) is 0.235. The van der Waals surface area contributed by atoms with E-state index in [1.165, 1.54) is 5.56 Å². The summed E-state index contributed by atoms with van der Waals surface area (Å²) >= 11 is 0. The van der Waals surface area contributed by atoms with Crippen LogP contribution in [0.3, 0.4) is 0 Å². The van der Waals surface area contributed by atoms with Gasteiger partial charge in [0.1, 0.15) is 11.5 Å². The molecule has 3 rings (SSSR count). The maximum atomic E-state index is 5.90. The number of aromatic nitrogens is 3. The third-order valence-corrected chi connectivity index (χ3v) is 3.46. The zero-order valence-electron chi connectivity index (χ0n) is 12.3. The van der Waals surface area contributed by atoms with Gasteiger partial charge in [0.25, 0.3) is 0 Å². The van der Waals surface area contributed by atoms with Gasteiger partial charge in [-0.3, -0.25) is 0 Å². The van der Waals surface area contributed by atoms with Crippen LogP contribution in [0.15, 0.2) is 36.4 Å². The van der Waals surface area contributed by atoms with Gasteiger partial charge in [-0.1, -0.05) is 31.5 Å². The van der Waals surface area contributed by atoms with Gasteiger partial charge in [0.15, 0.2) is 5.82 Å². The van der Waals surface area contributed by atoms with Crippen molar-refractivity contribution in [3.63, 3.8) is 0 Å². The highest BCUT2D eigenvalue weighted by molar-refractivity contribution is 5.84. The Hall–Kier alpha value is -2.49. The number of benzene rings is 1. The van der Waals surface area contributed by atoms with Crippen molar-refractivity contribution in [3.05, 3.63) is 47.7 Å². The highest BCUT2D eigenvalue weighted by atomic mass is 15.0. The van der Waals surface area contributed by atoms with Crippen molar-refractivity contribution in [3.8, 4) is 11.5 Å². The first-order valence-electron chi connectivity index (χ1n) is 7.17. The molecule has 0 fully saturated rings. The Morgan fingerprint density at radius 2 is 1.86 bits per heavy atom. The molecule has 0 radical (unpaired) electrons. The van der Waals surface area contributed by atoms with Crippen LogP contribution in [0.2, 0.25) is 0 Å². The summed E-state index contributed by atoms with van der Waals surface area (Å²) in [5.74, 6) is 1.10. The van der Waals surface area contributed by atoms with Crippen molar-refractivity contribution in [2.75, 3.05) is 5.73 Å². The minimum atomic E-state index is 0.496. The number of nitrogens with zero attached hydrogens (tertiary/aromatic N) is 3. The van der Waals surface area contributed by atoms with Gasteiger partial charge in [-0.25, -0.2) is 15.0 Å². The average molecular weight is 278 g/mol. The monoisotopic (exact) mass is 278 g/mol. The second-order valence-electron chi connectivity index (χ2n) is 5.20. The highest BCUT2D eigenvalue weighted by Gasteiger charge is 2.09. The van der Waals surface area contributed by atoms with E-state index in [9.17, 15) is 0 Å². The molecule has 0 aliphatic rings. The number of hydrogen-bond donors (Lipinski definition) is 1. The largest absolute Gasteiger partial charge is 0.384 e. The molecule has 106 valence electrons. The molecular formula is C17H18N4. The summed E-state index contributed by atoms with van der Waals surface area (Å²) in [5, 5.41) is 1.15. The van der Waals surface area contributed by atoms with Crippen LogP contribution in [0.5, 0.6) is 0 Å². The molecule has 0 aliphatic heterocycles. The van der Waals surface area contributed by atoms with Crippen molar-refractivity contribution in [2.24, 2.45) is 0 Å². The third-order valence-electron chi connectivity index (χ3n) is 3.46. The van der Waals surface area contributed by atoms with E-state index in [0.29, 0.717) is 11.6 Å². The van der Waals surface area contributed by atoms with Crippen LogP contribution in [0.25, 0.3) is 22.4 Å². The molecule has 0 amide bonds. The SMILES string of the molecule is CCCc1cc(N)nc(-c2cc(C)c3ccccc3n2)n1. The van der Waals surface area contributed by atoms with E-state index in [2.05, 4.69) is 34.9 Å². The van der Waals surface area contributed by atoms with E-state index in [1.54, 1.807) is 0 Å². The van der Waals surface area contributed by atoms with Crippen molar-refractivity contribution in [1.29, 1.82) is 0 Å². The Morgan fingerprint density at radius 3 is 2.67 bits per heavy atom. The maximum absolute atomic E-state index is 5.90. The van der Waals surface area contributed by atoms with E-state index >= 15 is 0 Å². The Labute approximate surface area is 124 Å². The Bertz CT molecular complexity index is 796. The number of aryl methyl sites for hydroxylation is 2. The summed E-state index contributed by atoms with van der Waals surface area (Å²) in [6, 6.07) is 11.9. The lowest BCUT2D eigenvalue weighted by molar-refractivity contribution is 0.875. The van der Waals surface area contributed by atoms with Gasteiger partial charge in [0, 0.05) is 17.1 Å².